The fraction of sp³-hybridized carbons (Fsp3) is 0.273. The zero-order valence-electron chi connectivity index (χ0n) is 10.1. The minimum Gasteiger partial charge on any atom is -0.326 e. The average molecular weight is 269 g/mol. The van der Waals surface area contributed by atoms with E-state index in [-0.39, 0.29) is 0 Å². The Kier molecular flexibility index (Phi) is 4.11. The number of nitro benzene ring substituents is 1. The molecule has 100 valence electrons. The highest BCUT2D eigenvalue weighted by atomic mass is 19.1. The molecule has 0 N–H and O–H groups in total. The number of hydrogen-bond acceptors (Lipinski definition) is 4. The third kappa shape index (κ3) is 2.65. The van der Waals surface area contributed by atoms with Crippen LogP contribution in [0.2, 0.25) is 0 Å². The first-order valence-electron chi connectivity index (χ1n) is 5.10. The second-order valence-electron chi connectivity index (χ2n) is 3.73. The molecule has 1 aromatic carbocycles. The third-order valence-corrected chi connectivity index (χ3v) is 2.57. The first-order valence-corrected chi connectivity index (χ1v) is 5.10. The Balaban J connectivity index is 3.35. The molecule has 0 spiro atoms. The number of amides is 1. The molecule has 1 aromatic rings. The van der Waals surface area contributed by atoms with Gasteiger partial charge < -0.3 is 4.90 Å². The van der Waals surface area contributed by atoms with Crippen molar-refractivity contribution in [3.05, 3.63) is 39.4 Å². The molecule has 1 rings (SSSR count). The highest BCUT2D eigenvalue weighted by molar-refractivity contribution is 5.95. The summed E-state index contributed by atoms with van der Waals surface area (Å²) < 4.78 is 27.2. The molecule has 0 saturated carbocycles. The van der Waals surface area contributed by atoms with Crippen LogP contribution in [0.1, 0.15) is 17.3 Å². The summed E-state index contributed by atoms with van der Waals surface area (Å²) in [6.45, 7) is 1.35. The summed E-state index contributed by atoms with van der Waals surface area (Å²) in [7, 11) is 1.17. The molecule has 0 saturated heterocycles. The largest absolute Gasteiger partial charge is 0.326 e. The van der Waals surface area contributed by atoms with Gasteiger partial charge in [0.15, 0.2) is 0 Å². The Morgan fingerprint density at radius 2 is 2.11 bits per heavy atom. The Morgan fingerprint density at radius 1 is 1.53 bits per heavy atom. The maximum absolute atomic E-state index is 13.8. The monoisotopic (exact) mass is 269 g/mol. The second-order valence-corrected chi connectivity index (χ2v) is 3.73. The molecule has 1 amide bonds. The van der Waals surface area contributed by atoms with Gasteiger partial charge in [-0.2, -0.15) is 9.65 Å². The molecule has 1 unspecified atom stereocenters. The smallest absolute Gasteiger partial charge is 0.305 e. The lowest BCUT2D eigenvalue weighted by Gasteiger charge is -2.19. The summed E-state index contributed by atoms with van der Waals surface area (Å²) in [5, 5.41) is 19.2. The maximum Gasteiger partial charge on any atom is 0.305 e. The minimum atomic E-state index is -1.55. The van der Waals surface area contributed by atoms with E-state index >= 15 is 0 Å². The first-order chi connectivity index (χ1) is 8.81. The van der Waals surface area contributed by atoms with Crippen molar-refractivity contribution in [3.63, 3.8) is 0 Å². The molecule has 1 atom stereocenters. The van der Waals surface area contributed by atoms with Gasteiger partial charge in [-0.1, -0.05) is 0 Å². The average Bonchev–Trinajstić information content (AvgIpc) is 2.36. The van der Waals surface area contributed by atoms with Crippen LogP contribution in [0.25, 0.3) is 0 Å². The lowest BCUT2D eigenvalue weighted by molar-refractivity contribution is -0.387. The second kappa shape index (κ2) is 5.39. The standard InChI is InChI=1S/C11H9F2N3O3/c1-6(5-14)15(2)11(17)9-7(12)3-4-8(10(9)13)16(18)19/h3-4,6H,1-2H3. The van der Waals surface area contributed by atoms with Crippen molar-refractivity contribution in [1.82, 2.24) is 4.90 Å². The molecule has 0 aliphatic rings. The predicted octanol–water partition coefficient (Wildman–Crippen LogP) is 1.86. The van der Waals surface area contributed by atoms with Crippen LogP contribution in [0, 0.1) is 33.1 Å². The number of carbonyl (C=O) groups excluding carboxylic acids is 1. The van der Waals surface area contributed by atoms with Crippen LogP contribution in [-0.4, -0.2) is 28.8 Å². The SMILES string of the molecule is CC(C#N)N(C)C(=O)c1c(F)ccc([N+](=O)[O-])c1F. The van der Waals surface area contributed by atoms with Gasteiger partial charge in [0.25, 0.3) is 5.91 Å². The number of nitrogens with zero attached hydrogens (tertiary/aromatic N) is 3. The summed E-state index contributed by atoms with van der Waals surface area (Å²) >= 11 is 0. The third-order valence-electron chi connectivity index (χ3n) is 2.57. The van der Waals surface area contributed by atoms with Crippen LogP contribution in [-0.2, 0) is 0 Å². The molecule has 0 radical (unpaired) electrons. The van der Waals surface area contributed by atoms with Crippen LogP contribution < -0.4 is 0 Å². The van der Waals surface area contributed by atoms with Crippen molar-refractivity contribution in [2.75, 3.05) is 7.05 Å². The van der Waals surface area contributed by atoms with Crippen molar-refractivity contribution in [3.8, 4) is 6.07 Å². The van der Waals surface area contributed by atoms with Crippen LogP contribution in [0.5, 0.6) is 0 Å². The fourth-order valence-corrected chi connectivity index (χ4v) is 1.32. The molecule has 0 heterocycles. The van der Waals surface area contributed by atoms with Gasteiger partial charge in [-0.15, -0.1) is 0 Å². The molecule has 0 bridgehead atoms. The van der Waals surface area contributed by atoms with Gasteiger partial charge in [0, 0.05) is 13.1 Å². The topological polar surface area (TPSA) is 87.2 Å². The van der Waals surface area contributed by atoms with Crippen LogP contribution in [0.3, 0.4) is 0 Å². The predicted molar refractivity (Wildman–Crippen MR) is 60.2 cm³/mol. The molecule has 0 fully saturated rings. The normalized spacial score (nSPS) is 11.5. The summed E-state index contributed by atoms with van der Waals surface area (Å²) in [4.78, 5) is 22.1. The van der Waals surface area contributed by atoms with Gasteiger partial charge in [-0.05, 0) is 13.0 Å². The van der Waals surface area contributed by atoms with Crippen molar-refractivity contribution in [2.45, 2.75) is 13.0 Å². The summed E-state index contributed by atoms with van der Waals surface area (Å²) in [6.07, 6.45) is 0. The van der Waals surface area contributed by atoms with Crippen molar-refractivity contribution in [1.29, 1.82) is 5.26 Å². The molecule has 8 heteroatoms. The summed E-state index contributed by atoms with van der Waals surface area (Å²) in [5.41, 5.74) is -2.04. The van der Waals surface area contributed by atoms with Crippen molar-refractivity contribution >= 4 is 11.6 Å². The molecule has 6 nitrogen and oxygen atoms in total. The van der Waals surface area contributed by atoms with E-state index in [1.54, 1.807) is 6.07 Å². The van der Waals surface area contributed by atoms with E-state index in [9.17, 15) is 23.7 Å². The first kappa shape index (κ1) is 14.5. The molecule has 0 aliphatic heterocycles. The van der Waals surface area contributed by atoms with Gasteiger partial charge in [0.2, 0.25) is 5.82 Å². The molecular weight excluding hydrogens is 260 g/mol. The van der Waals surface area contributed by atoms with Crippen molar-refractivity contribution in [2.24, 2.45) is 0 Å². The number of hydrogen-bond donors (Lipinski definition) is 0. The quantitative estimate of drug-likeness (QED) is 0.619. The number of nitriles is 1. The van der Waals surface area contributed by atoms with Gasteiger partial charge in [0.05, 0.1) is 11.0 Å². The lowest BCUT2D eigenvalue weighted by atomic mass is 10.1. The highest BCUT2D eigenvalue weighted by Crippen LogP contribution is 2.24. The number of carbonyl (C=O) groups is 1. The lowest BCUT2D eigenvalue weighted by Crippen LogP contribution is -2.35. The van der Waals surface area contributed by atoms with E-state index in [1.807, 2.05) is 0 Å². The van der Waals surface area contributed by atoms with Gasteiger partial charge >= 0.3 is 5.69 Å². The van der Waals surface area contributed by atoms with Crippen LogP contribution in [0.15, 0.2) is 12.1 Å². The van der Waals surface area contributed by atoms with E-state index in [0.29, 0.717) is 12.1 Å². The fourth-order valence-electron chi connectivity index (χ4n) is 1.32. The Bertz CT molecular complexity index is 583. The minimum absolute atomic E-state index is 0.634. The van der Waals surface area contributed by atoms with E-state index in [0.717, 1.165) is 4.90 Å². The maximum atomic E-state index is 13.8. The highest BCUT2D eigenvalue weighted by Gasteiger charge is 2.29. The Hall–Kier alpha value is -2.56. The zero-order chi connectivity index (χ0) is 14.7. The van der Waals surface area contributed by atoms with Crippen LogP contribution in [0.4, 0.5) is 14.5 Å². The van der Waals surface area contributed by atoms with Gasteiger partial charge in [0.1, 0.15) is 17.4 Å². The summed E-state index contributed by atoms with van der Waals surface area (Å²) in [5.74, 6) is -3.90. The van der Waals surface area contributed by atoms with Crippen molar-refractivity contribution < 1.29 is 18.5 Å². The van der Waals surface area contributed by atoms with Gasteiger partial charge in [-0.25, -0.2) is 4.39 Å². The summed E-state index contributed by atoms with van der Waals surface area (Å²) in [6, 6.07) is 2.06. The zero-order valence-corrected chi connectivity index (χ0v) is 10.1. The van der Waals surface area contributed by atoms with E-state index in [4.69, 9.17) is 5.26 Å². The molecule has 0 aliphatic carbocycles. The number of nitro groups is 1. The number of halogens is 2. The number of rotatable bonds is 3. The number of benzene rings is 1. The molecule has 19 heavy (non-hydrogen) atoms. The molecular formula is C11H9F2N3O3. The Morgan fingerprint density at radius 3 is 2.58 bits per heavy atom. The van der Waals surface area contributed by atoms with Crippen LogP contribution >= 0.6 is 0 Å². The molecule has 0 aromatic heterocycles. The van der Waals surface area contributed by atoms with Gasteiger partial charge in [-0.3, -0.25) is 14.9 Å². The van der Waals surface area contributed by atoms with E-state index < -0.39 is 39.8 Å². The Labute approximate surface area is 107 Å². The van der Waals surface area contributed by atoms with E-state index in [1.165, 1.54) is 14.0 Å². The van der Waals surface area contributed by atoms with E-state index in [2.05, 4.69) is 0 Å².